The molecule has 0 spiro atoms. The standard InChI is InChI=1S/C17H18O4S/c1-10(17(18)19)9-13-14(20-2)11-7-5-6-8-12(11)15(21-3)16(13)22-4/h5-9H,1-4H3,(H,18,19). The first kappa shape index (κ1) is 16.2. The summed E-state index contributed by atoms with van der Waals surface area (Å²) in [6.45, 7) is 1.56. The number of carboxylic acids is 1. The zero-order valence-corrected chi connectivity index (χ0v) is 13.8. The first-order valence-corrected chi connectivity index (χ1v) is 7.89. The Kier molecular flexibility index (Phi) is 4.98. The topological polar surface area (TPSA) is 55.8 Å². The van der Waals surface area contributed by atoms with E-state index in [0.717, 1.165) is 27.0 Å². The Balaban J connectivity index is 2.94. The van der Waals surface area contributed by atoms with Crippen LogP contribution in [0.3, 0.4) is 0 Å². The maximum atomic E-state index is 11.2. The lowest BCUT2D eigenvalue weighted by atomic mass is 10.0. The molecule has 4 nitrogen and oxygen atoms in total. The summed E-state index contributed by atoms with van der Waals surface area (Å²) in [5.74, 6) is 0.427. The second-order valence-electron chi connectivity index (χ2n) is 4.69. The number of fused-ring (bicyclic) bond motifs is 1. The third-order valence-corrected chi connectivity index (χ3v) is 4.24. The second kappa shape index (κ2) is 6.75. The zero-order chi connectivity index (χ0) is 16.3. The van der Waals surface area contributed by atoms with Crippen molar-refractivity contribution < 1.29 is 19.4 Å². The van der Waals surface area contributed by atoms with E-state index >= 15 is 0 Å². The molecule has 0 aliphatic carbocycles. The third kappa shape index (κ3) is 2.76. The van der Waals surface area contributed by atoms with Gasteiger partial charge in [0.2, 0.25) is 0 Å². The number of rotatable bonds is 5. The maximum absolute atomic E-state index is 11.2. The van der Waals surface area contributed by atoms with Crippen LogP contribution in [0.15, 0.2) is 34.7 Å². The fourth-order valence-corrected chi connectivity index (χ4v) is 3.16. The van der Waals surface area contributed by atoms with Gasteiger partial charge in [0.25, 0.3) is 0 Å². The Labute approximate surface area is 133 Å². The predicted molar refractivity (Wildman–Crippen MR) is 90.1 cm³/mol. The normalized spacial score (nSPS) is 11.5. The molecule has 0 atom stereocenters. The van der Waals surface area contributed by atoms with E-state index in [9.17, 15) is 4.79 Å². The molecule has 0 saturated heterocycles. The van der Waals surface area contributed by atoms with Crippen LogP contribution in [-0.2, 0) is 4.79 Å². The summed E-state index contributed by atoms with van der Waals surface area (Å²) in [6.07, 6.45) is 3.56. The Morgan fingerprint density at radius 3 is 2.14 bits per heavy atom. The van der Waals surface area contributed by atoms with Gasteiger partial charge in [0.15, 0.2) is 0 Å². The fourth-order valence-electron chi connectivity index (χ4n) is 2.41. The number of benzene rings is 2. The van der Waals surface area contributed by atoms with E-state index in [1.165, 1.54) is 11.8 Å². The molecule has 0 amide bonds. The van der Waals surface area contributed by atoms with Crippen LogP contribution in [-0.4, -0.2) is 31.6 Å². The van der Waals surface area contributed by atoms with Gasteiger partial charge in [-0.3, -0.25) is 0 Å². The second-order valence-corrected chi connectivity index (χ2v) is 5.51. The van der Waals surface area contributed by atoms with Crippen LogP contribution < -0.4 is 9.47 Å². The highest BCUT2D eigenvalue weighted by molar-refractivity contribution is 7.98. The zero-order valence-electron chi connectivity index (χ0n) is 13.0. The lowest BCUT2D eigenvalue weighted by Crippen LogP contribution is -2.00. The summed E-state index contributed by atoms with van der Waals surface area (Å²) in [5.41, 5.74) is 0.969. The van der Waals surface area contributed by atoms with E-state index in [1.54, 1.807) is 27.2 Å². The molecule has 116 valence electrons. The van der Waals surface area contributed by atoms with Crippen molar-refractivity contribution in [2.75, 3.05) is 20.5 Å². The Hall–Kier alpha value is -2.14. The van der Waals surface area contributed by atoms with Crippen LogP contribution in [0.5, 0.6) is 11.5 Å². The Bertz CT molecular complexity index is 750. The van der Waals surface area contributed by atoms with Gasteiger partial charge in [-0.05, 0) is 19.3 Å². The van der Waals surface area contributed by atoms with E-state index in [-0.39, 0.29) is 5.57 Å². The molecule has 2 rings (SSSR count). The van der Waals surface area contributed by atoms with Crippen molar-refractivity contribution in [2.45, 2.75) is 11.8 Å². The monoisotopic (exact) mass is 318 g/mol. The van der Waals surface area contributed by atoms with Gasteiger partial charge in [0, 0.05) is 21.9 Å². The molecular formula is C17H18O4S. The number of ether oxygens (including phenoxy) is 2. The number of aliphatic carboxylic acids is 1. The van der Waals surface area contributed by atoms with Gasteiger partial charge in [0.1, 0.15) is 11.5 Å². The number of methoxy groups -OCH3 is 2. The molecule has 2 aromatic rings. The molecule has 5 heteroatoms. The van der Waals surface area contributed by atoms with Gasteiger partial charge in [0.05, 0.1) is 19.1 Å². The maximum Gasteiger partial charge on any atom is 0.331 e. The molecule has 0 unspecified atom stereocenters. The summed E-state index contributed by atoms with van der Waals surface area (Å²) in [7, 11) is 3.21. The van der Waals surface area contributed by atoms with Crippen molar-refractivity contribution in [3.8, 4) is 11.5 Å². The summed E-state index contributed by atoms with van der Waals surface area (Å²) >= 11 is 1.50. The minimum atomic E-state index is -0.957. The average Bonchev–Trinajstić information content (AvgIpc) is 2.53. The molecule has 0 fully saturated rings. The molecule has 0 radical (unpaired) electrons. The number of carbonyl (C=O) groups is 1. The molecule has 1 N–H and O–H groups in total. The van der Waals surface area contributed by atoms with Gasteiger partial charge in [-0.25, -0.2) is 4.79 Å². The van der Waals surface area contributed by atoms with Crippen molar-refractivity contribution in [3.63, 3.8) is 0 Å². The van der Waals surface area contributed by atoms with Crippen molar-refractivity contribution >= 4 is 34.6 Å². The smallest absolute Gasteiger partial charge is 0.331 e. The lowest BCUT2D eigenvalue weighted by Gasteiger charge is -2.18. The van der Waals surface area contributed by atoms with E-state index in [2.05, 4.69) is 0 Å². The SMILES string of the molecule is COc1c(C=C(C)C(=O)O)c(SC)c(OC)c2ccccc12. The molecule has 0 aromatic heterocycles. The highest BCUT2D eigenvalue weighted by atomic mass is 32.2. The largest absolute Gasteiger partial charge is 0.495 e. The van der Waals surface area contributed by atoms with E-state index in [0.29, 0.717) is 5.75 Å². The number of hydrogen-bond donors (Lipinski definition) is 1. The molecule has 2 aromatic carbocycles. The highest BCUT2D eigenvalue weighted by Gasteiger charge is 2.19. The summed E-state index contributed by atoms with van der Waals surface area (Å²) in [6, 6.07) is 7.76. The van der Waals surface area contributed by atoms with Crippen LogP contribution >= 0.6 is 11.8 Å². The predicted octanol–water partition coefficient (Wildman–Crippen LogP) is 4.07. The molecule has 0 aliphatic heterocycles. The van der Waals surface area contributed by atoms with Crippen molar-refractivity contribution in [3.05, 3.63) is 35.4 Å². The van der Waals surface area contributed by atoms with Crippen LogP contribution in [0.1, 0.15) is 12.5 Å². The molecule has 22 heavy (non-hydrogen) atoms. The number of hydrogen-bond acceptors (Lipinski definition) is 4. The minimum absolute atomic E-state index is 0.242. The molecular weight excluding hydrogens is 300 g/mol. The molecule has 0 saturated carbocycles. The van der Waals surface area contributed by atoms with Crippen LogP contribution in [0.2, 0.25) is 0 Å². The first-order chi connectivity index (χ1) is 10.5. The summed E-state index contributed by atoms with van der Waals surface area (Å²) < 4.78 is 11.2. The van der Waals surface area contributed by atoms with E-state index < -0.39 is 5.97 Å². The first-order valence-electron chi connectivity index (χ1n) is 6.67. The molecule has 0 aliphatic rings. The van der Waals surface area contributed by atoms with E-state index in [4.69, 9.17) is 14.6 Å². The quantitative estimate of drug-likeness (QED) is 0.665. The van der Waals surface area contributed by atoms with Crippen LogP contribution in [0.4, 0.5) is 0 Å². The highest BCUT2D eigenvalue weighted by Crippen LogP contribution is 2.45. The number of thioether (sulfide) groups is 1. The van der Waals surface area contributed by atoms with Gasteiger partial charge >= 0.3 is 5.97 Å². The van der Waals surface area contributed by atoms with E-state index in [1.807, 2.05) is 30.5 Å². The van der Waals surface area contributed by atoms with Crippen molar-refractivity contribution in [1.82, 2.24) is 0 Å². The summed E-state index contributed by atoms with van der Waals surface area (Å²) in [5, 5.41) is 11.0. The van der Waals surface area contributed by atoms with Gasteiger partial charge < -0.3 is 14.6 Å². The van der Waals surface area contributed by atoms with Gasteiger partial charge in [-0.15, -0.1) is 11.8 Å². The average molecular weight is 318 g/mol. The minimum Gasteiger partial charge on any atom is -0.495 e. The van der Waals surface area contributed by atoms with Gasteiger partial charge in [-0.2, -0.15) is 0 Å². The Morgan fingerprint density at radius 1 is 1.14 bits per heavy atom. The molecule has 0 heterocycles. The fraction of sp³-hybridized carbons (Fsp3) is 0.235. The molecule has 0 bridgehead atoms. The number of carboxylic acid groups (broad SMARTS) is 1. The van der Waals surface area contributed by atoms with Crippen molar-refractivity contribution in [1.29, 1.82) is 0 Å². The van der Waals surface area contributed by atoms with Gasteiger partial charge in [-0.1, -0.05) is 24.3 Å². The third-order valence-electron chi connectivity index (χ3n) is 3.42. The Morgan fingerprint density at radius 2 is 1.68 bits per heavy atom. The van der Waals surface area contributed by atoms with Crippen molar-refractivity contribution in [2.24, 2.45) is 0 Å². The van der Waals surface area contributed by atoms with Crippen LogP contribution in [0, 0.1) is 0 Å². The van der Waals surface area contributed by atoms with Crippen LogP contribution in [0.25, 0.3) is 16.8 Å². The summed E-state index contributed by atoms with van der Waals surface area (Å²) in [4.78, 5) is 12.0. The lowest BCUT2D eigenvalue weighted by molar-refractivity contribution is -0.132.